The second kappa shape index (κ2) is 6.07. The van der Waals surface area contributed by atoms with Crippen LogP contribution in [0.25, 0.3) is 0 Å². The van der Waals surface area contributed by atoms with Gasteiger partial charge in [-0.3, -0.25) is 0 Å². The summed E-state index contributed by atoms with van der Waals surface area (Å²) in [5, 5.41) is 3.69. The van der Waals surface area contributed by atoms with Gasteiger partial charge in [0.15, 0.2) is 0 Å². The van der Waals surface area contributed by atoms with E-state index in [1.807, 2.05) is 0 Å². The summed E-state index contributed by atoms with van der Waals surface area (Å²) in [6.07, 6.45) is 5.26. The topological polar surface area (TPSA) is 21.3 Å². The zero-order chi connectivity index (χ0) is 14.8. The molecule has 112 valence electrons. The lowest BCUT2D eigenvalue weighted by atomic mass is 9.71. The molecule has 0 amide bonds. The van der Waals surface area contributed by atoms with Gasteiger partial charge in [0.05, 0.1) is 7.11 Å². The van der Waals surface area contributed by atoms with Crippen molar-refractivity contribution in [2.75, 3.05) is 12.4 Å². The minimum absolute atomic E-state index is 0.460. The zero-order valence-electron chi connectivity index (χ0n) is 13.6. The Balaban J connectivity index is 1.91. The molecule has 0 bridgehead atoms. The average Bonchev–Trinajstić information content (AvgIpc) is 2.38. The molecule has 1 aromatic rings. The van der Waals surface area contributed by atoms with Crippen LogP contribution in [0.4, 0.5) is 5.69 Å². The maximum Gasteiger partial charge on any atom is 0.121 e. The molecule has 0 atom stereocenters. The molecule has 0 aromatic heterocycles. The lowest BCUT2D eigenvalue weighted by Gasteiger charge is -2.37. The Bertz CT molecular complexity index is 439. The smallest absolute Gasteiger partial charge is 0.121 e. The van der Waals surface area contributed by atoms with Crippen molar-refractivity contribution in [3.05, 3.63) is 23.8 Å². The van der Waals surface area contributed by atoms with Gasteiger partial charge in [-0.15, -0.1) is 0 Å². The minimum atomic E-state index is 0.460. The monoisotopic (exact) mass is 275 g/mol. The van der Waals surface area contributed by atoms with Gasteiger partial charge in [-0.25, -0.2) is 0 Å². The van der Waals surface area contributed by atoms with Crippen LogP contribution in [0, 0.1) is 18.3 Å². The molecule has 1 aromatic carbocycles. The van der Waals surface area contributed by atoms with E-state index in [-0.39, 0.29) is 0 Å². The highest BCUT2D eigenvalue weighted by Gasteiger charge is 2.29. The molecule has 2 nitrogen and oxygen atoms in total. The van der Waals surface area contributed by atoms with Gasteiger partial charge >= 0.3 is 0 Å². The molecule has 1 aliphatic rings. The normalized spacial score (nSPS) is 23.4. The molecule has 0 heterocycles. The number of ether oxygens (including phenoxy) is 1. The summed E-state index contributed by atoms with van der Waals surface area (Å²) in [7, 11) is 1.73. The van der Waals surface area contributed by atoms with Crippen molar-refractivity contribution in [1.82, 2.24) is 0 Å². The summed E-state index contributed by atoms with van der Waals surface area (Å²) in [6, 6.07) is 7.00. The first-order valence-corrected chi connectivity index (χ1v) is 7.81. The quantitative estimate of drug-likeness (QED) is 0.836. The molecule has 2 heteroatoms. The van der Waals surface area contributed by atoms with Gasteiger partial charge in [0.25, 0.3) is 0 Å². The van der Waals surface area contributed by atoms with Crippen molar-refractivity contribution in [2.24, 2.45) is 11.3 Å². The number of rotatable bonds is 3. The van der Waals surface area contributed by atoms with Gasteiger partial charge in [0.1, 0.15) is 5.75 Å². The number of methoxy groups -OCH3 is 1. The first-order valence-electron chi connectivity index (χ1n) is 7.81. The summed E-state index contributed by atoms with van der Waals surface area (Å²) in [5.41, 5.74) is 2.88. The molecule has 2 rings (SSSR count). The summed E-state index contributed by atoms with van der Waals surface area (Å²) in [5.74, 6) is 1.84. The van der Waals surface area contributed by atoms with Crippen LogP contribution in [-0.4, -0.2) is 13.2 Å². The third-order valence-electron chi connectivity index (χ3n) is 4.72. The second-order valence-corrected chi connectivity index (χ2v) is 7.24. The lowest BCUT2D eigenvalue weighted by molar-refractivity contribution is 0.173. The molecular weight excluding hydrogens is 246 g/mol. The second-order valence-electron chi connectivity index (χ2n) is 7.24. The van der Waals surface area contributed by atoms with Crippen LogP contribution in [0.15, 0.2) is 18.2 Å². The van der Waals surface area contributed by atoms with Crippen molar-refractivity contribution in [1.29, 1.82) is 0 Å². The van der Waals surface area contributed by atoms with Gasteiger partial charge in [0, 0.05) is 11.7 Å². The van der Waals surface area contributed by atoms with Crippen molar-refractivity contribution in [3.63, 3.8) is 0 Å². The molecule has 0 aliphatic heterocycles. The predicted molar refractivity (Wildman–Crippen MR) is 86.6 cm³/mol. The fraction of sp³-hybridized carbons (Fsp3) is 0.667. The molecule has 1 aliphatic carbocycles. The lowest BCUT2D eigenvalue weighted by Crippen LogP contribution is -2.31. The number of hydrogen-bond acceptors (Lipinski definition) is 2. The van der Waals surface area contributed by atoms with E-state index in [1.165, 1.54) is 36.9 Å². The number of benzene rings is 1. The van der Waals surface area contributed by atoms with E-state index in [2.05, 4.69) is 51.2 Å². The Morgan fingerprint density at radius 1 is 1.10 bits per heavy atom. The van der Waals surface area contributed by atoms with Crippen LogP contribution in [0.1, 0.15) is 52.0 Å². The van der Waals surface area contributed by atoms with Crippen LogP contribution in [0.2, 0.25) is 0 Å². The van der Waals surface area contributed by atoms with E-state index in [4.69, 9.17) is 4.74 Å². The first kappa shape index (κ1) is 15.2. The van der Waals surface area contributed by atoms with Gasteiger partial charge in [-0.05, 0) is 67.7 Å². The number of aryl methyl sites for hydroxylation is 1. The van der Waals surface area contributed by atoms with Gasteiger partial charge in [-0.2, -0.15) is 0 Å². The summed E-state index contributed by atoms with van der Waals surface area (Å²) in [4.78, 5) is 0. The highest BCUT2D eigenvalue weighted by Crippen LogP contribution is 2.38. The number of nitrogens with one attached hydrogen (secondary N) is 1. The molecule has 1 fully saturated rings. The maximum absolute atomic E-state index is 5.31. The zero-order valence-corrected chi connectivity index (χ0v) is 13.6. The molecule has 1 N–H and O–H groups in total. The average molecular weight is 275 g/mol. The van der Waals surface area contributed by atoms with Crippen molar-refractivity contribution in [2.45, 2.75) is 59.4 Å². The van der Waals surface area contributed by atoms with Gasteiger partial charge in [-0.1, -0.05) is 20.8 Å². The summed E-state index contributed by atoms with van der Waals surface area (Å²) >= 11 is 0. The number of hydrogen-bond donors (Lipinski definition) is 1. The van der Waals surface area contributed by atoms with Gasteiger partial charge in [0.2, 0.25) is 0 Å². The fourth-order valence-corrected chi connectivity index (χ4v) is 3.31. The Morgan fingerprint density at radius 3 is 2.25 bits per heavy atom. The van der Waals surface area contributed by atoms with E-state index in [1.54, 1.807) is 7.11 Å². The van der Waals surface area contributed by atoms with Gasteiger partial charge < -0.3 is 10.1 Å². The van der Waals surface area contributed by atoms with E-state index in [0.29, 0.717) is 11.5 Å². The van der Waals surface area contributed by atoms with Crippen LogP contribution in [0.5, 0.6) is 5.75 Å². The van der Waals surface area contributed by atoms with Crippen LogP contribution in [0.3, 0.4) is 0 Å². The number of anilines is 1. The van der Waals surface area contributed by atoms with E-state index >= 15 is 0 Å². The minimum Gasteiger partial charge on any atom is -0.496 e. The van der Waals surface area contributed by atoms with Crippen molar-refractivity contribution in [3.8, 4) is 5.75 Å². The Labute approximate surface area is 123 Å². The molecule has 0 saturated heterocycles. The van der Waals surface area contributed by atoms with Crippen molar-refractivity contribution < 1.29 is 4.74 Å². The highest BCUT2D eigenvalue weighted by molar-refractivity contribution is 5.51. The Kier molecular flexibility index (Phi) is 4.62. The molecule has 1 saturated carbocycles. The third-order valence-corrected chi connectivity index (χ3v) is 4.72. The van der Waals surface area contributed by atoms with Crippen LogP contribution >= 0.6 is 0 Å². The van der Waals surface area contributed by atoms with E-state index in [9.17, 15) is 0 Å². The molecule has 0 unspecified atom stereocenters. The standard InChI is InChI=1S/C18H29NO/c1-13-12-16(10-11-17(13)20-5)19-15-8-6-14(7-9-15)18(2,3)4/h10-12,14-15,19H,6-9H2,1-5H3. The van der Waals surface area contributed by atoms with Crippen LogP contribution in [-0.2, 0) is 0 Å². The molecule has 0 radical (unpaired) electrons. The molecule has 0 spiro atoms. The maximum atomic E-state index is 5.31. The van der Waals surface area contributed by atoms with E-state index < -0.39 is 0 Å². The highest BCUT2D eigenvalue weighted by atomic mass is 16.5. The Hall–Kier alpha value is -1.18. The largest absolute Gasteiger partial charge is 0.496 e. The Morgan fingerprint density at radius 2 is 1.75 bits per heavy atom. The summed E-state index contributed by atoms with van der Waals surface area (Å²) in [6.45, 7) is 9.22. The van der Waals surface area contributed by atoms with Crippen molar-refractivity contribution >= 4 is 5.69 Å². The molecule has 20 heavy (non-hydrogen) atoms. The third kappa shape index (κ3) is 3.68. The van der Waals surface area contributed by atoms with Crippen LogP contribution < -0.4 is 10.1 Å². The summed E-state index contributed by atoms with van der Waals surface area (Å²) < 4.78 is 5.31. The SMILES string of the molecule is COc1ccc(NC2CCC(C(C)(C)C)CC2)cc1C. The van der Waals surface area contributed by atoms with E-state index in [0.717, 1.165) is 11.7 Å². The molecular formula is C18H29NO. The first-order chi connectivity index (χ1) is 9.40. The fourth-order valence-electron chi connectivity index (χ4n) is 3.31. The predicted octanol–water partition coefficient (Wildman–Crippen LogP) is 5.02.